The molecule has 0 aromatic heterocycles. The summed E-state index contributed by atoms with van der Waals surface area (Å²) in [6.07, 6.45) is 3.47. The number of nitrogens with one attached hydrogen (secondary N) is 1. The van der Waals surface area contributed by atoms with Crippen LogP contribution in [0.3, 0.4) is 0 Å². The maximum atomic E-state index is 11.5. The van der Waals surface area contributed by atoms with Gasteiger partial charge in [-0.15, -0.1) is 0 Å². The summed E-state index contributed by atoms with van der Waals surface area (Å²) in [5.41, 5.74) is 2.51. The zero-order chi connectivity index (χ0) is 31.9. The summed E-state index contributed by atoms with van der Waals surface area (Å²) in [6.45, 7) is 5.71. The van der Waals surface area contributed by atoms with E-state index in [2.05, 4.69) is 21.2 Å². The molecule has 3 aromatic rings. The lowest BCUT2D eigenvalue weighted by Crippen LogP contribution is -2.46. The van der Waals surface area contributed by atoms with E-state index in [1.54, 1.807) is 0 Å². The molecule has 2 aliphatic rings. The molecule has 0 atom stereocenters. The molecule has 5 rings (SSSR count). The second-order valence-electron chi connectivity index (χ2n) is 10.3. The normalized spacial score (nSPS) is 15.1. The highest BCUT2D eigenvalue weighted by Gasteiger charge is 2.20. The van der Waals surface area contributed by atoms with E-state index < -0.39 is 32.3 Å². The SMILES string of the molecule is O=C(O)c1cc(S(=O)(=O)O)ccc1O.O=C1CCc2ccc(OCCCCN3CCN(c4cccc(Cl)c4Cl)CC3)cc2N1. The fourth-order valence-corrected chi connectivity index (χ4v) is 5.79. The maximum absolute atomic E-state index is 11.5. The molecule has 1 fully saturated rings. The molecule has 0 radical (unpaired) electrons. The number of ether oxygens (including phenoxy) is 1. The van der Waals surface area contributed by atoms with Crippen LogP contribution in [0, 0.1) is 0 Å². The van der Waals surface area contributed by atoms with E-state index >= 15 is 0 Å². The number of rotatable bonds is 9. The highest BCUT2D eigenvalue weighted by Crippen LogP contribution is 2.33. The number of amides is 1. The van der Waals surface area contributed by atoms with Crippen LogP contribution < -0.4 is 15.0 Å². The number of aryl methyl sites for hydroxylation is 1. The molecular formula is C30H33Cl2N3O8S. The summed E-state index contributed by atoms with van der Waals surface area (Å²) in [5, 5.41) is 21.7. The first kappa shape index (κ1) is 33.3. The largest absolute Gasteiger partial charge is 0.507 e. The summed E-state index contributed by atoms with van der Waals surface area (Å²) in [4.78, 5) is 26.2. The average molecular weight is 667 g/mol. The highest BCUT2D eigenvalue weighted by molar-refractivity contribution is 7.85. The van der Waals surface area contributed by atoms with Crippen LogP contribution in [0.2, 0.25) is 10.0 Å². The Morgan fingerprint density at radius 3 is 2.43 bits per heavy atom. The van der Waals surface area contributed by atoms with Crippen LogP contribution in [-0.2, 0) is 21.3 Å². The van der Waals surface area contributed by atoms with E-state index in [-0.39, 0.29) is 5.91 Å². The molecule has 0 unspecified atom stereocenters. The number of carboxylic acids is 1. The Kier molecular flexibility index (Phi) is 11.3. The zero-order valence-corrected chi connectivity index (χ0v) is 26.0. The van der Waals surface area contributed by atoms with Gasteiger partial charge in [0.25, 0.3) is 10.1 Å². The van der Waals surface area contributed by atoms with Crippen LogP contribution in [0.5, 0.6) is 11.5 Å². The third-order valence-electron chi connectivity index (χ3n) is 7.25. The number of unbranched alkanes of at least 4 members (excludes halogenated alkanes) is 1. The van der Waals surface area contributed by atoms with Crippen LogP contribution in [0.15, 0.2) is 59.5 Å². The molecule has 1 amide bonds. The first-order valence-corrected chi connectivity index (χ1v) is 16.1. The van der Waals surface area contributed by atoms with Crippen molar-refractivity contribution in [1.29, 1.82) is 0 Å². The predicted octanol–water partition coefficient (Wildman–Crippen LogP) is 5.20. The van der Waals surface area contributed by atoms with Crippen molar-refractivity contribution in [3.63, 3.8) is 0 Å². The molecule has 1 saturated heterocycles. The first-order valence-electron chi connectivity index (χ1n) is 13.9. The Labute approximate surface area is 265 Å². The predicted molar refractivity (Wildman–Crippen MR) is 168 cm³/mol. The van der Waals surface area contributed by atoms with E-state index in [1.165, 1.54) is 5.56 Å². The lowest BCUT2D eigenvalue weighted by Gasteiger charge is -2.36. The summed E-state index contributed by atoms with van der Waals surface area (Å²) in [6, 6.07) is 14.3. The number of hydrogen-bond acceptors (Lipinski definition) is 8. The van der Waals surface area contributed by atoms with Gasteiger partial charge in [0.15, 0.2) is 0 Å². The molecular weight excluding hydrogens is 633 g/mol. The molecule has 3 aromatic carbocycles. The number of halogens is 2. The monoisotopic (exact) mass is 665 g/mol. The summed E-state index contributed by atoms with van der Waals surface area (Å²) >= 11 is 12.5. The number of anilines is 2. The minimum absolute atomic E-state index is 0.0809. The number of aromatic carboxylic acids is 1. The van der Waals surface area contributed by atoms with Crippen molar-refractivity contribution in [1.82, 2.24) is 4.90 Å². The van der Waals surface area contributed by atoms with Crippen molar-refractivity contribution in [3.05, 3.63) is 75.8 Å². The number of carbonyl (C=O) groups excluding carboxylic acids is 1. The van der Waals surface area contributed by atoms with E-state index in [0.29, 0.717) is 29.1 Å². The molecule has 2 aliphatic heterocycles. The second-order valence-corrected chi connectivity index (χ2v) is 12.5. The molecule has 0 aliphatic carbocycles. The summed E-state index contributed by atoms with van der Waals surface area (Å²) in [7, 11) is -4.45. The van der Waals surface area contributed by atoms with Crippen LogP contribution in [0.25, 0.3) is 0 Å². The van der Waals surface area contributed by atoms with E-state index in [0.717, 1.165) is 81.2 Å². The Balaban J connectivity index is 0.000000265. The Bertz CT molecular complexity index is 1610. The number of carbonyl (C=O) groups is 2. The van der Waals surface area contributed by atoms with E-state index in [1.807, 2.05) is 30.3 Å². The first-order chi connectivity index (χ1) is 20.9. The number of phenols is 1. The van der Waals surface area contributed by atoms with E-state index in [4.69, 9.17) is 42.7 Å². The molecule has 236 valence electrons. The van der Waals surface area contributed by atoms with Crippen molar-refractivity contribution in [2.24, 2.45) is 0 Å². The highest BCUT2D eigenvalue weighted by atomic mass is 35.5. The minimum atomic E-state index is -4.45. The van der Waals surface area contributed by atoms with Crippen LogP contribution in [0.1, 0.15) is 35.2 Å². The number of carboxylic acid groups (broad SMARTS) is 1. The van der Waals surface area contributed by atoms with Gasteiger partial charge in [0.2, 0.25) is 5.91 Å². The molecule has 14 heteroatoms. The van der Waals surface area contributed by atoms with Gasteiger partial charge < -0.3 is 25.2 Å². The quantitative estimate of drug-likeness (QED) is 0.177. The molecule has 4 N–H and O–H groups in total. The van der Waals surface area contributed by atoms with Crippen molar-refractivity contribution in [3.8, 4) is 11.5 Å². The third kappa shape index (κ3) is 8.99. The van der Waals surface area contributed by atoms with Crippen LogP contribution >= 0.6 is 23.2 Å². The third-order valence-corrected chi connectivity index (χ3v) is 8.91. The summed E-state index contributed by atoms with van der Waals surface area (Å²) in [5.74, 6) is -1.14. The molecule has 2 heterocycles. The Hall–Kier alpha value is -3.55. The second kappa shape index (κ2) is 15.0. The van der Waals surface area contributed by atoms with Crippen LogP contribution in [0.4, 0.5) is 11.4 Å². The van der Waals surface area contributed by atoms with E-state index in [9.17, 15) is 18.0 Å². The Morgan fingerprint density at radius 1 is 0.977 bits per heavy atom. The lowest BCUT2D eigenvalue weighted by molar-refractivity contribution is -0.116. The number of benzene rings is 3. The van der Waals surface area contributed by atoms with Gasteiger partial charge in [-0.2, -0.15) is 8.42 Å². The minimum Gasteiger partial charge on any atom is -0.507 e. The number of hydrogen-bond donors (Lipinski definition) is 4. The molecule has 11 nitrogen and oxygen atoms in total. The van der Waals surface area contributed by atoms with Gasteiger partial charge in [-0.05, 0) is 67.8 Å². The number of nitrogens with zero attached hydrogens (tertiary/aromatic N) is 2. The van der Waals surface area contributed by atoms with Gasteiger partial charge in [0, 0.05) is 44.4 Å². The Morgan fingerprint density at radius 2 is 1.73 bits per heavy atom. The van der Waals surface area contributed by atoms with Gasteiger partial charge >= 0.3 is 5.97 Å². The summed E-state index contributed by atoms with van der Waals surface area (Å²) < 4.78 is 35.7. The molecule has 0 saturated carbocycles. The standard InChI is InChI=1S/C23H27Cl2N3O2.C7H6O6S/c24-19-4-3-5-21(23(19)25)28-13-11-27(12-14-28)10-1-2-15-30-18-8-6-17-7-9-22(29)26-20(17)16-18;8-6-2-1-4(14(11,12)13)3-5(6)7(9)10/h3-6,8,16H,1-2,7,9-15H2,(H,26,29);1-3,8H,(H,9,10)(H,11,12,13). The maximum Gasteiger partial charge on any atom is 0.339 e. The number of piperazine rings is 1. The van der Waals surface area contributed by atoms with Gasteiger partial charge in [-0.25, -0.2) is 4.79 Å². The van der Waals surface area contributed by atoms with Gasteiger partial charge in [0.05, 0.1) is 27.2 Å². The van der Waals surface area contributed by atoms with Crippen molar-refractivity contribution < 1.29 is 37.5 Å². The van der Waals surface area contributed by atoms with Gasteiger partial charge in [-0.3, -0.25) is 14.2 Å². The smallest absolute Gasteiger partial charge is 0.339 e. The topological polar surface area (TPSA) is 157 Å². The average Bonchev–Trinajstić information content (AvgIpc) is 2.98. The molecule has 0 spiro atoms. The lowest BCUT2D eigenvalue weighted by atomic mass is 10.0. The molecule has 44 heavy (non-hydrogen) atoms. The van der Waals surface area contributed by atoms with Gasteiger partial charge in [-0.1, -0.05) is 35.3 Å². The zero-order valence-electron chi connectivity index (χ0n) is 23.7. The van der Waals surface area contributed by atoms with Crippen molar-refractivity contribution in [2.75, 3.05) is 49.5 Å². The fraction of sp³-hybridized carbons (Fsp3) is 0.333. The number of fused-ring (bicyclic) bond motifs is 1. The number of aromatic hydroxyl groups is 1. The van der Waals surface area contributed by atoms with Crippen molar-refractivity contribution >= 4 is 56.6 Å². The van der Waals surface area contributed by atoms with Gasteiger partial charge in [0.1, 0.15) is 17.1 Å². The van der Waals surface area contributed by atoms with Crippen molar-refractivity contribution in [2.45, 2.75) is 30.6 Å². The molecule has 0 bridgehead atoms. The fourth-order valence-electron chi connectivity index (χ4n) is 4.86. The van der Waals surface area contributed by atoms with Crippen LogP contribution in [-0.4, -0.2) is 79.3 Å².